The van der Waals surface area contributed by atoms with Crippen molar-refractivity contribution in [2.24, 2.45) is 0 Å². The van der Waals surface area contributed by atoms with Crippen LogP contribution in [0.4, 0.5) is 0 Å². The SMILES string of the molecule is COCCCNC(=O)c1nc(-c2cccc(C)c2)n(-c2ccc(C)c(C)c2)n1. The second-order valence-electron chi connectivity index (χ2n) is 6.91. The average Bonchev–Trinajstić information content (AvgIpc) is 3.13. The average molecular weight is 378 g/mol. The molecular formula is C22H26N4O2. The van der Waals surface area contributed by atoms with Gasteiger partial charge in [0.05, 0.1) is 5.69 Å². The van der Waals surface area contributed by atoms with E-state index >= 15 is 0 Å². The molecule has 0 unspecified atom stereocenters. The van der Waals surface area contributed by atoms with Crippen LogP contribution in [0.5, 0.6) is 0 Å². The quantitative estimate of drug-likeness (QED) is 0.638. The fraction of sp³-hybridized carbons (Fsp3) is 0.318. The second kappa shape index (κ2) is 8.80. The molecule has 0 bridgehead atoms. The number of nitrogens with one attached hydrogen (secondary N) is 1. The number of ether oxygens (including phenoxy) is 1. The summed E-state index contributed by atoms with van der Waals surface area (Å²) in [6.45, 7) is 7.28. The molecule has 0 aliphatic carbocycles. The van der Waals surface area contributed by atoms with Crippen molar-refractivity contribution in [3.8, 4) is 17.1 Å². The van der Waals surface area contributed by atoms with Crippen molar-refractivity contribution in [2.45, 2.75) is 27.2 Å². The van der Waals surface area contributed by atoms with E-state index in [1.165, 1.54) is 5.56 Å². The van der Waals surface area contributed by atoms with E-state index in [0.29, 0.717) is 19.0 Å². The minimum absolute atomic E-state index is 0.159. The topological polar surface area (TPSA) is 69.0 Å². The highest BCUT2D eigenvalue weighted by atomic mass is 16.5. The molecule has 0 saturated heterocycles. The van der Waals surface area contributed by atoms with Crippen molar-refractivity contribution in [3.05, 3.63) is 65.0 Å². The fourth-order valence-electron chi connectivity index (χ4n) is 2.91. The van der Waals surface area contributed by atoms with Gasteiger partial charge in [-0.25, -0.2) is 9.67 Å². The van der Waals surface area contributed by atoms with Gasteiger partial charge in [0.1, 0.15) is 0 Å². The Morgan fingerprint density at radius 1 is 1.11 bits per heavy atom. The lowest BCUT2D eigenvalue weighted by molar-refractivity contribution is 0.0938. The number of aryl methyl sites for hydroxylation is 3. The summed E-state index contributed by atoms with van der Waals surface area (Å²) in [4.78, 5) is 17.1. The molecule has 146 valence electrons. The number of amides is 1. The molecule has 0 aliphatic rings. The molecule has 2 aromatic carbocycles. The van der Waals surface area contributed by atoms with Crippen LogP contribution in [0.3, 0.4) is 0 Å². The molecule has 1 amide bonds. The number of hydrogen-bond acceptors (Lipinski definition) is 4. The number of methoxy groups -OCH3 is 1. The molecular weight excluding hydrogens is 352 g/mol. The molecule has 1 heterocycles. The standard InChI is InChI=1S/C22H26N4O2/c1-15-7-5-8-18(13-15)21-24-20(22(27)23-11-6-12-28-4)25-26(21)19-10-9-16(2)17(3)14-19/h5,7-10,13-14H,6,11-12H2,1-4H3,(H,23,27). The summed E-state index contributed by atoms with van der Waals surface area (Å²) in [6.07, 6.45) is 0.741. The maximum Gasteiger partial charge on any atom is 0.290 e. The fourth-order valence-corrected chi connectivity index (χ4v) is 2.91. The van der Waals surface area contributed by atoms with Gasteiger partial charge >= 0.3 is 0 Å². The van der Waals surface area contributed by atoms with Crippen molar-refractivity contribution in [2.75, 3.05) is 20.3 Å². The summed E-state index contributed by atoms with van der Waals surface area (Å²) >= 11 is 0. The normalized spacial score (nSPS) is 10.9. The maximum absolute atomic E-state index is 12.5. The molecule has 1 aromatic heterocycles. The van der Waals surface area contributed by atoms with Gasteiger partial charge in [-0.15, -0.1) is 5.10 Å². The first kappa shape index (κ1) is 19.8. The Bertz CT molecular complexity index is 978. The zero-order valence-corrected chi connectivity index (χ0v) is 16.8. The van der Waals surface area contributed by atoms with E-state index in [2.05, 4.69) is 41.4 Å². The van der Waals surface area contributed by atoms with Crippen molar-refractivity contribution in [1.29, 1.82) is 0 Å². The van der Waals surface area contributed by atoms with Crippen LogP contribution in [0, 0.1) is 20.8 Å². The number of benzene rings is 2. The van der Waals surface area contributed by atoms with Crippen molar-refractivity contribution >= 4 is 5.91 Å². The molecule has 0 saturated carbocycles. The first-order chi connectivity index (χ1) is 13.5. The van der Waals surface area contributed by atoms with Gasteiger partial charge in [0.15, 0.2) is 5.82 Å². The van der Waals surface area contributed by atoms with Gasteiger partial charge < -0.3 is 10.1 Å². The minimum atomic E-state index is -0.285. The Hall–Kier alpha value is -2.99. The first-order valence-corrected chi connectivity index (χ1v) is 9.38. The molecule has 28 heavy (non-hydrogen) atoms. The zero-order chi connectivity index (χ0) is 20.1. The third kappa shape index (κ3) is 4.46. The van der Waals surface area contributed by atoms with Gasteiger partial charge in [-0.3, -0.25) is 4.79 Å². The number of nitrogens with zero attached hydrogens (tertiary/aromatic N) is 3. The molecule has 6 nitrogen and oxygen atoms in total. The van der Waals surface area contributed by atoms with Crippen LogP contribution in [0.2, 0.25) is 0 Å². The zero-order valence-electron chi connectivity index (χ0n) is 16.8. The summed E-state index contributed by atoms with van der Waals surface area (Å²) < 4.78 is 6.75. The van der Waals surface area contributed by atoms with Crippen LogP contribution in [0.15, 0.2) is 42.5 Å². The lowest BCUT2D eigenvalue weighted by atomic mass is 10.1. The first-order valence-electron chi connectivity index (χ1n) is 9.38. The Balaban J connectivity index is 2.00. The van der Waals surface area contributed by atoms with Gasteiger partial charge in [0.2, 0.25) is 5.82 Å². The second-order valence-corrected chi connectivity index (χ2v) is 6.91. The molecule has 0 fully saturated rings. The van der Waals surface area contributed by atoms with Crippen molar-refractivity contribution in [3.63, 3.8) is 0 Å². The van der Waals surface area contributed by atoms with Crippen LogP contribution in [-0.4, -0.2) is 40.9 Å². The van der Waals surface area contributed by atoms with E-state index in [9.17, 15) is 4.79 Å². The predicted octanol–water partition coefficient (Wildman–Crippen LogP) is 3.63. The molecule has 0 atom stereocenters. The van der Waals surface area contributed by atoms with Gasteiger partial charge in [0.25, 0.3) is 5.91 Å². The van der Waals surface area contributed by atoms with E-state index in [0.717, 1.165) is 28.8 Å². The van der Waals surface area contributed by atoms with Gasteiger partial charge in [-0.2, -0.15) is 0 Å². The van der Waals surface area contributed by atoms with Crippen molar-refractivity contribution < 1.29 is 9.53 Å². The van der Waals surface area contributed by atoms with E-state index in [1.807, 2.05) is 37.3 Å². The largest absolute Gasteiger partial charge is 0.385 e. The van der Waals surface area contributed by atoms with E-state index in [-0.39, 0.29) is 11.7 Å². The Morgan fingerprint density at radius 2 is 1.93 bits per heavy atom. The molecule has 3 aromatic rings. The monoisotopic (exact) mass is 378 g/mol. The number of hydrogen-bond donors (Lipinski definition) is 1. The lowest BCUT2D eigenvalue weighted by Gasteiger charge is -2.08. The number of aromatic nitrogens is 3. The Labute approximate surface area is 165 Å². The summed E-state index contributed by atoms with van der Waals surface area (Å²) in [5.74, 6) is 0.522. The highest BCUT2D eigenvalue weighted by Crippen LogP contribution is 2.23. The van der Waals surface area contributed by atoms with Crippen LogP contribution in [0.25, 0.3) is 17.1 Å². The third-order valence-corrected chi connectivity index (χ3v) is 4.63. The summed E-state index contributed by atoms with van der Waals surface area (Å²) in [5.41, 5.74) is 5.29. The van der Waals surface area contributed by atoms with E-state index < -0.39 is 0 Å². The number of carbonyl (C=O) groups is 1. The Kier molecular flexibility index (Phi) is 6.21. The van der Waals surface area contributed by atoms with Crippen LogP contribution >= 0.6 is 0 Å². The summed E-state index contributed by atoms with van der Waals surface area (Å²) in [6, 6.07) is 14.1. The van der Waals surface area contributed by atoms with Gasteiger partial charge in [-0.05, 0) is 56.5 Å². The summed E-state index contributed by atoms with van der Waals surface area (Å²) in [7, 11) is 1.64. The minimum Gasteiger partial charge on any atom is -0.385 e. The summed E-state index contributed by atoms with van der Waals surface area (Å²) in [5, 5.41) is 7.37. The van der Waals surface area contributed by atoms with E-state index in [4.69, 9.17) is 4.74 Å². The van der Waals surface area contributed by atoms with Gasteiger partial charge in [0, 0.05) is 25.8 Å². The molecule has 0 spiro atoms. The Morgan fingerprint density at radius 3 is 2.64 bits per heavy atom. The van der Waals surface area contributed by atoms with E-state index in [1.54, 1.807) is 11.8 Å². The molecule has 0 radical (unpaired) electrons. The highest BCUT2D eigenvalue weighted by molar-refractivity contribution is 5.91. The highest BCUT2D eigenvalue weighted by Gasteiger charge is 2.19. The molecule has 1 N–H and O–H groups in total. The number of rotatable bonds is 7. The van der Waals surface area contributed by atoms with Crippen LogP contribution in [0.1, 0.15) is 33.7 Å². The van der Waals surface area contributed by atoms with Gasteiger partial charge in [-0.1, -0.05) is 29.8 Å². The molecule has 6 heteroatoms. The number of carbonyl (C=O) groups excluding carboxylic acids is 1. The van der Waals surface area contributed by atoms with Crippen molar-refractivity contribution in [1.82, 2.24) is 20.1 Å². The van der Waals surface area contributed by atoms with Crippen LogP contribution < -0.4 is 5.32 Å². The molecule has 0 aliphatic heterocycles. The third-order valence-electron chi connectivity index (χ3n) is 4.63. The maximum atomic E-state index is 12.5. The van der Waals surface area contributed by atoms with Crippen LogP contribution in [-0.2, 0) is 4.74 Å². The smallest absolute Gasteiger partial charge is 0.290 e. The predicted molar refractivity (Wildman–Crippen MR) is 110 cm³/mol. The lowest BCUT2D eigenvalue weighted by Crippen LogP contribution is -2.26. The molecule has 3 rings (SSSR count).